The van der Waals surface area contributed by atoms with Crippen molar-refractivity contribution in [3.8, 4) is 0 Å². The molecule has 0 aromatic rings. The van der Waals surface area contributed by atoms with Gasteiger partial charge in [-0.2, -0.15) is 0 Å². The second kappa shape index (κ2) is 4.26. The van der Waals surface area contributed by atoms with Gasteiger partial charge < -0.3 is 20.7 Å². The number of quaternary nitrogens is 1. The molecule has 16 heavy (non-hydrogen) atoms. The highest BCUT2D eigenvalue weighted by Crippen LogP contribution is 2.26. The average Bonchev–Trinajstić information content (AvgIpc) is 2.29. The molecule has 0 radical (unpaired) electrons. The minimum absolute atomic E-state index is 0.104. The molecule has 1 saturated heterocycles. The van der Waals surface area contributed by atoms with E-state index in [-0.39, 0.29) is 24.2 Å². The molecule has 3 rings (SSSR count). The molecule has 4 heteroatoms. The summed E-state index contributed by atoms with van der Waals surface area (Å²) in [6, 6.07) is 0.763. The van der Waals surface area contributed by atoms with Gasteiger partial charge in [0.05, 0.1) is 12.1 Å². The maximum Gasteiger partial charge on any atom is 0.129 e. The first-order valence-corrected chi connectivity index (χ1v) is 6.75. The van der Waals surface area contributed by atoms with Gasteiger partial charge in [-0.25, -0.2) is 0 Å². The van der Waals surface area contributed by atoms with Crippen molar-refractivity contribution < 1.29 is 10.2 Å². The first-order valence-electron chi connectivity index (χ1n) is 6.75. The molecule has 4 nitrogen and oxygen atoms in total. The van der Waals surface area contributed by atoms with Gasteiger partial charge in [-0.15, -0.1) is 0 Å². The highest BCUT2D eigenvalue weighted by atomic mass is 16.5. The number of piperazine rings is 1. The summed E-state index contributed by atoms with van der Waals surface area (Å²) in [7, 11) is 0. The Morgan fingerprint density at radius 1 is 1.00 bits per heavy atom. The van der Waals surface area contributed by atoms with E-state index in [2.05, 4.69) is 5.32 Å². The van der Waals surface area contributed by atoms with E-state index in [4.69, 9.17) is 0 Å². The third-order valence-electron chi connectivity index (χ3n) is 4.75. The fourth-order valence-corrected chi connectivity index (χ4v) is 3.94. The third-order valence-corrected chi connectivity index (χ3v) is 4.75. The standard InChI is InChI=1S/C12H22N2O2/c15-11-7-3-5-9-12(11)14(16)10-6-2-1-4-8(10)13-9/h8-15H,1-7H2. The number of rotatable bonds is 0. The highest BCUT2D eigenvalue weighted by Gasteiger charge is 2.47. The molecular weight excluding hydrogens is 204 g/mol. The first-order chi connectivity index (χ1) is 7.77. The molecule has 0 aromatic carbocycles. The summed E-state index contributed by atoms with van der Waals surface area (Å²) < 4.78 is 0. The summed E-state index contributed by atoms with van der Waals surface area (Å²) in [4.78, 5) is 0. The largest absolute Gasteiger partial charge is 0.634 e. The van der Waals surface area contributed by atoms with Crippen LogP contribution in [-0.4, -0.2) is 35.4 Å². The molecule has 0 aromatic heterocycles. The quantitative estimate of drug-likeness (QED) is 0.491. The smallest absolute Gasteiger partial charge is 0.129 e. The number of hydrogen-bond donors (Lipinski definition) is 3. The normalized spacial score (nSPS) is 52.9. The van der Waals surface area contributed by atoms with Gasteiger partial charge in [0.2, 0.25) is 0 Å². The number of aliphatic hydroxyl groups excluding tert-OH is 1. The van der Waals surface area contributed by atoms with Crippen LogP contribution < -0.4 is 10.4 Å². The van der Waals surface area contributed by atoms with Crippen molar-refractivity contribution in [3.05, 3.63) is 5.21 Å². The van der Waals surface area contributed by atoms with Crippen molar-refractivity contribution in [2.45, 2.75) is 75.2 Å². The van der Waals surface area contributed by atoms with E-state index in [0.29, 0.717) is 11.1 Å². The van der Waals surface area contributed by atoms with Gasteiger partial charge in [0.25, 0.3) is 0 Å². The van der Waals surface area contributed by atoms with Crippen molar-refractivity contribution in [2.75, 3.05) is 0 Å². The SMILES string of the molecule is [O-][NH+]1C2CCCCC2NC2CCCC(O)C21. The number of hydrogen-bond acceptors (Lipinski definition) is 3. The number of fused-ring (bicyclic) bond motifs is 2. The Morgan fingerprint density at radius 3 is 2.62 bits per heavy atom. The Morgan fingerprint density at radius 2 is 1.75 bits per heavy atom. The Hall–Kier alpha value is -0.160. The lowest BCUT2D eigenvalue weighted by atomic mass is 9.79. The molecular formula is C12H22N2O2. The zero-order valence-electron chi connectivity index (χ0n) is 9.69. The van der Waals surface area contributed by atoms with E-state index in [0.717, 1.165) is 32.1 Å². The molecule has 6 unspecified atom stereocenters. The Labute approximate surface area is 96.6 Å². The van der Waals surface area contributed by atoms with Crippen LogP contribution in [-0.2, 0) is 0 Å². The molecule has 92 valence electrons. The van der Waals surface area contributed by atoms with Crippen LogP contribution in [0.2, 0.25) is 0 Å². The van der Waals surface area contributed by atoms with E-state index in [1.54, 1.807) is 0 Å². The van der Waals surface area contributed by atoms with Crippen LogP contribution >= 0.6 is 0 Å². The number of nitrogens with one attached hydrogen (secondary N) is 2. The van der Waals surface area contributed by atoms with E-state index in [9.17, 15) is 10.3 Å². The van der Waals surface area contributed by atoms with Crippen LogP contribution in [0.1, 0.15) is 44.9 Å². The topological polar surface area (TPSA) is 59.8 Å². The van der Waals surface area contributed by atoms with E-state index in [1.165, 1.54) is 12.8 Å². The van der Waals surface area contributed by atoms with Crippen molar-refractivity contribution >= 4 is 0 Å². The lowest BCUT2D eigenvalue weighted by Crippen LogP contribution is -3.21. The van der Waals surface area contributed by atoms with Crippen LogP contribution in [0.25, 0.3) is 0 Å². The second-order valence-electron chi connectivity index (χ2n) is 5.70. The third kappa shape index (κ3) is 1.68. The van der Waals surface area contributed by atoms with Crippen LogP contribution in [0.15, 0.2) is 0 Å². The molecule has 0 spiro atoms. The molecule has 1 aliphatic heterocycles. The minimum atomic E-state index is -0.387. The van der Waals surface area contributed by atoms with Gasteiger partial charge in [-0.05, 0) is 32.1 Å². The lowest BCUT2D eigenvalue weighted by molar-refractivity contribution is -0.917. The van der Waals surface area contributed by atoms with Gasteiger partial charge in [-0.1, -0.05) is 6.42 Å². The molecule has 0 bridgehead atoms. The van der Waals surface area contributed by atoms with Gasteiger partial charge >= 0.3 is 0 Å². The molecule has 2 saturated carbocycles. The van der Waals surface area contributed by atoms with Crippen molar-refractivity contribution in [1.82, 2.24) is 5.32 Å². The Bertz CT molecular complexity index is 261. The predicted octanol–water partition coefficient (Wildman–Crippen LogP) is -0.434. The summed E-state index contributed by atoms with van der Waals surface area (Å²) in [5.41, 5.74) is 0. The fraction of sp³-hybridized carbons (Fsp3) is 1.00. The molecule has 3 fully saturated rings. The minimum Gasteiger partial charge on any atom is -0.634 e. The highest BCUT2D eigenvalue weighted by molar-refractivity contribution is 4.96. The molecule has 0 amide bonds. The predicted molar refractivity (Wildman–Crippen MR) is 60.9 cm³/mol. The van der Waals surface area contributed by atoms with Crippen molar-refractivity contribution in [2.24, 2.45) is 0 Å². The zero-order valence-corrected chi connectivity index (χ0v) is 9.69. The van der Waals surface area contributed by atoms with Crippen LogP contribution in [0, 0.1) is 5.21 Å². The average molecular weight is 226 g/mol. The monoisotopic (exact) mass is 226 g/mol. The van der Waals surface area contributed by atoms with Gasteiger partial charge in [0, 0.05) is 6.42 Å². The molecule has 3 aliphatic rings. The lowest BCUT2D eigenvalue weighted by Gasteiger charge is -2.54. The first kappa shape index (κ1) is 11.0. The molecule has 3 N–H and O–H groups in total. The summed E-state index contributed by atoms with van der Waals surface area (Å²) in [5, 5.41) is 26.4. The van der Waals surface area contributed by atoms with Crippen molar-refractivity contribution in [1.29, 1.82) is 0 Å². The molecule has 6 atom stereocenters. The summed E-state index contributed by atoms with van der Waals surface area (Å²) >= 11 is 0. The van der Waals surface area contributed by atoms with Crippen LogP contribution in [0.4, 0.5) is 0 Å². The van der Waals surface area contributed by atoms with E-state index in [1.807, 2.05) is 0 Å². The van der Waals surface area contributed by atoms with E-state index >= 15 is 0 Å². The summed E-state index contributed by atoms with van der Waals surface area (Å²) in [5.74, 6) is 0. The Balaban J connectivity index is 1.79. The van der Waals surface area contributed by atoms with Crippen LogP contribution in [0.3, 0.4) is 0 Å². The maximum absolute atomic E-state index is 12.4. The zero-order chi connectivity index (χ0) is 11.1. The summed E-state index contributed by atoms with van der Waals surface area (Å²) in [6.45, 7) is 0. The van der Waals surface area contributed by atoms with Crippen LogP contribution in [0.5, 0.6) is 0 Å². The number of hydroxylamine groups is 2. The number of aliphatic hydroxyl groups is 1. The van der Waals surface area contributed by atoms with Gasteiger partial charge in [0.15, 0.2) is 0 Å². The fourth-order valence-electron chi connectivity index (χ4n) is 3.94. The van der Waals surface area contributed by atoms with E-state index < -0.39 is 0 Å². The maximum atomic E-state index is 12.4. The van der Waals surface area contributed by atoms with Crippen molar-refractivity contribution in [3.63, 3.8) is 0 Å². The summed E-state index contributed by atoms with van der Waals surface area (Å²) in [6.07, 6.45) is 7.16. The Kier molecular flexibility index (Phi) is 2.92. The molecule has 1 heterocycles. The van der Waals surface area contributed by atoms with Gasteiger partial charge in [0.1, 0.15) is 18.2 Å². The van der Waals surface area contributed by atoms with Gasteiger partial charge in [-0.3, -0.25) is 0 Å². The second-order valence-corrected chi connectivity index (χ2v) is 5.70. The molecule has 2 aliphatic carbocycles.